The molecule has 9 nitrogen and oxygen atoms in total. The minimum absolute atomic E-state index is 0.304. The highest BCUT2D eigenvalue weighted by Gasteiger charge is 2.20. The highest BCUT2D eigenvalue weighted by Crippen LogP contribution is 2.23. The first-order valence-corrected chi connectivity index (χ1v) is 11.4. The molecule has 4 heterocycles. The van der Waals surface area contributed by atoms with Gasteiger partial charge >= 0.3 is 0 Å². The number of hydrogen-bond donors (Lipinski definition) is 1. The number of tetrazole rings is 1. The minimum atomic E-state index is -0.339. The smallest absolute Gasteiger partial charge is 0.274 e. The number of amides is 1. The van der Waals surface area contributed by atoms with Crippen molar-refractivity contribution in [2.24, 2.45) is 0 Å². The molecule has 0 unspecified atom stereocenters. The molecule has 166 valence electrons. The van der Waals surface area contributed by atoms with E-state index in [4.69, 9.17) is 4.74 Å². The molecule has 1 saturated heterocycles. The first-order valence-electron chi connectivity index (χ1n) is 10.5. The molecule has 4 aromatic rings. The minimum Gasteiger partial charge on any atom is -0.378 e. The number of carbonyl (C=O) groups is 1. The molecule has 10 heteroatoms. The van der Waals surface area contributed by atoms with Gasteiger partial charge in [-0.3, -0.25) is 4.79 Å². The van der Waals surface area contributed by atoms with Crippen molar-refractivity contribution in [1.82, 2.24) is 25.2 Å². The molecule has 0 bridgehead atoms. The number of benzene rings is 1. The van der Waals surface area contributed by atoms with Crippen molar-refractivity contribution >= 4 is 40.5 Å². The normalized spacial score (nSPS) is 14.3. The zero-order valence-corrected chi connectivity index (χ0v) is 18.5. The Morgan fingerprint density at radius 1 is 1.06 bits per heavy atom. The first-order chi connectivity index (χ1) is 16.3. The second-order valence-corrected chi connectivity index (χ2v) is 8.26. The molecule has 1 N–H and O–H groups in total. The number of rotatable bonds is 6. The predicted octanol–water partition coefficient (Wildman–Crippen LogP) is 3.27. The molecule has 33 heavy (non-hydrogen) atoms. The van der Waals surface area contributed by atoms with Crippen LogP contribution in [0.2, 0.25) is 0 Å². The SMILES string of the molecule is O=C(Nc1ccc(N2CCOCC2)nc1)C(=Cc1cccs1)n1nnnc1-c1ccccc1. The lowest BCUT2D eigenvalue weighted by Crippen LogP contribution is -2.36. The standard InChI is InChI=1S/C23H21N7O2S/c31-23(25-18-8-9-21(24-16-18)29-10-12-32-13-11-29)20(15-19-7-4-14-33-19)30-22(26-27-28-30)17-5-2-1-3-6-17/h1-9,14-16H,10-13H2,(H,25,31). The molecule has 0 atom stereocenters. The van der Waals surface area contributed by atoms with E-state index in [1.165, 1.54) is 16.0 Å². The Hall–Kier alpha value is -3.89. The number of nitrogens with one attached hydrogen (secondary N) is 1. The average Bonchev–Trinajstić information content (AvgIpc) is 3.56. The van der Waals surface area contributed by atoms with Crippen molar-refractivity contribution in [3.8, 4) is 11.4 Å². The van der Waals surface area contributed by atoms with E-state index in [0.717, 1.165) is 29.3 Å². The average molecular weight is 460 g/mol. The number of anilines is 2. The Morgan fingerprint density at radius 2 is 1.91 bits per heavy atom. The Labute approximate surface area is 194 Å². The third kappa shape index (κ3) is 4.81. The molecule has 1 fully saturated rings. The Bertz CT molecular complexity index is 1230. The fourth-order valence-electron chi connectivity index (χ4n) is 3.48. The van der Waals surface area contributed by atoms with Crippen LogP contribution in [0.4, 0.5) is 11.5 Å². The van der Waals surface area contributed by atoms with Crippen LogP contribution in [0.15, 0.2) is 66.2 Å². The lowest BCUT2D eigenvalue weighted by Gasteiger charge is -2.27. The third-order valence-electron chi connectivity index (χ3n) is 5.13. The molecular formula is C23H21N7O2S. The van der Waals surface area contributed by atoms with Crippen LogP contribution < -0.4 is 10.2 Å². The van der Waals surface area contributed by atoms with Crippen molar-refractivity contribution in [2.45, 2.75) is 0 Å². The summed E-state index contributed by atoms with van der Waals surface area (Å²) in [5.74, 6) is 1.00. The number of ether oxygens (including phenoxy) is 1. The van der Waals surface area contributed by atoms with Crippen LogP contribution in [0, 0.1) is 0 Å². The molecule has 0 radical (unpaired) electrons. The van der Waals surface area contributed by atoms with Gasteiger partial charge in [0.25, 0.3) is 5.91 Å². The number of nitrogens with zero attached hydrogens (tertiary/aromatic N) is 6. The van der Waals surface area contributed by atoms with E-state index in [-0.39, 0.29) is 5.91 Å². The Morgan fingerprint density at radius 3 is 2.64 bits per heavy atom. The number of pyridine rings is 1. The summed E-state index contributed by atoms with van der Waals surface area (Å²) in [6.45, 7) is 2.97. The zero-order valence-electron chi connectivity index (χ0n) is 17.7. The molecule has 5 rings (SSSR count). The van der Waals surface area contributed by atoms with Crippen LogP contribution in [-0.4, -0.2) is 57.4 Å². The summed E-state index contributed by atoms with van der Waals surface area (Å²) in [6.07, 6.45) is 3.43. The van der Waals surface area contributed by atoms with Gasteiger partial charge < -0.3 is 15.0 Å². The summed E-state index contributed by atoms with van der Waals surface area (Å²) in [5, 5.41) is 17.0. The summed E-state index contributed by atoms with van der Waals surface area (Å²) in [6, 6.07) is 17.1. The Balaban J connectivity index is 1.42. The van der Waals surface area contributed by atoms with Gasteiger partial charge in [-0.15, -0.1) is 16.4 Å². The summed E-state index contributed by atoms with van der Waals surface area (Å²) in [7, 11) is 0. The zero-order chi connectivity index (χ0) is 22.5. The second kappa shape index (κ2) is 9.72. The van der Waals surface area contributed by atoms with Crippen LogP contribution in [0.3, 0.4) is 0 Å². The van der Waals surface area contributed by atoms with E-state index in [0.29, 0.717) is 30.4 Å². The molecule has 1 aliphatic heterocycles. The maximum atomic E-state index is 13.4. The van der Waals surface area contributed by atoms with Gasteiger partial charge in [-0.2, -0.15) is 4.68 Å². The lowest BCUT2D eigenvalue weighted by atomic mass is 10.2. The van der Waals surface area contributed by atoms with Crippen LogP contribution >= 0.6 is 11.3 Å². The molecule has 3 aromatic heterocycles. The van der Waals surface area contributed by atoms with Crippen molar-refractivity contribution in [3.05, 3.63) is 71.1 Å². The molecule has 1 aliphatic rings. The van der Waals surface area contributed by atoms with E-state index in [1.807, 2.05) is 60.0 Å². The first kappa shape index (κ1) is 21.0. The van der Waals surface area contributed by atoms with E-state index in [2.05, 4.69) is 30.7 Å². The van der Waals surface area contributed by atoms with Crippen LogP contribution in [0.25, 0.3) is 23.2 Å². The van der Waals surface area contributed by atoms with Crippen molar-refractivity contribution < 1.29 is 9.53 Å². The van der Waals surface area contributed by atoms with Gasteiger partial charge in [0.05, 0.1) is 25.1 Å². The number of carbonyl (C=O) groups excluding carboxylic acids is 1. The molecule has 0 spiro atoms. The summed E-state index contributed by atoms with van der Waals surface area (Å²) in [4.78, 5) is 20.9. The van der Waals surface area contributed by atoms with Gasteiger partial charge in [0.2, 0.25) is 0 Å². The largest absolute Gasteiger partial charge is 0.378 e. The van der Waals surface area contributed by atoms with Crippen molar-refractivity contribution in [2.75, 3.05) is 36.5 Å². The van der Waals surface area contributed by atoms with Gasteiger partial charge in [0, 0.05) is 23.5 Å². The van der Waals surface area contributed by atoms with Gasteiger partial charge in [0.15, 0.2) is 5.82 Å². The lowest BCUT2D eigenvalue weighted by molar-refractivity contribution is -0.111. The molecule has 1 aromatic carbocycles. The maximum absolute atomic E-state index is 13.4. The van der Waals surface area contributed by atoms with Crippen LogP contribution in [-0.2, 0) is 9.53 Å². The van der Waals surface area contributed by atoms with Gasteiger partial charge in [-0.1, -0.05) is 36.4 Å². The maximum Gasteiger partial charge on any atom is 0.274 e. The van der Waals surface area contributed by atoms with E-state index < -0.39 is 0 Å². The van der Waals surface area contributed by atoms with Gasteiger partial charge in [0.1, 0.15) is 11.5 Å². The number of aromatic nitrogens is 5. The van der Waals surface area contributed by atoms with Gasteiger partial charge in [-0.05, 0) is 40.1 Å². The van der Waals surface area contributed by atoms with Crippen molar-refractivity contribution in [1.29, 1.82) is 0 Å². The van der Waals surface area contributed by atoms with Crippen molar-refractivity contribution in [3.63, 3.8) is 0 Å². The van der Waals surface area contributed by atoms with Crippen LogP contribution in [0.1, 0.15) is 4.88 Å². The highest BCUT2D eigenvalue weighted by atomic mass is 32.1. The van der Waals surface area contributed by atoms with E-state index in [9.17, 15) is 4.79 Å². The molecule has 0 saturated carbocycles. The third-order valence-corrected chi connectivity index (χ3v) is 5.94. The fraction of sp³-hybridized carbons (Fsp3) is 0.174. The number of thiophene rings is 1. The second-order valence-electron chi connectivity index (χ2n) is 7.28. The Kier molecular flexibility index (Phi) is 6.18. The molecule has 1 amide bonds. The summed E-state index contributed by atoms with van der Waals surface area (Å²) >= 11 is 1.53. The molecule has 0 aliphatic carbocycles. The van der Waals surface area contributed by atoms with E-state index >= 15 is 0 Å². The summed E-state index contributed by atoms with van der Waals surface area (Å²) in [5.41, 5.74) is 1.70. The topological polar surface area (TPSA) is 98.1 Å². The summed E-state index contributed by atoms with van der Waals surface area (Å²) < 4.78 is 6.85. The highest BCUT2D eigenvalue weighted by molar-refractivity contribution is 7.10. The number of morpholine rings is 1. The quantitative estimate of drug-likeness (QED) is 0.442. The van der Waals surface area contributed by atoms with Gasteiger partial charge in [-0.25, -0.2) is 4.98 Å². The molecular weight excluding hydrogens is 438 g/mol. The van der Waals surface area contributed by atoms with E-state index in [1.54, 1.807) is 12.3 Å². The predicted molar refractivity (Wildman–Crippen MR) is 128 cm³/mol. The fourth-order valence-corrected chi connectivity index (χ4v) is 4.13. The van der Waals surface area contributed by atoms with Crippen LogP contribution in [0.5, 0.6) is 0 Å². The number of hydrogen-bond acceptors (Lipinski definition) is 8. The monoisotopic (exact) mass is 459 g/mol.